The van der Waals surface area contributed by atoms with Crippen LogP contribution in [0.2, 0.25) is 0 Å². The standard InChI is InChI=1S/C28H34N4O5/c1-20(4-3-5-24-12-13-32(28(24)36)25-10-11-26(34)29-27(25)35)37-19-23-8-6-22(7-9-23)18-30-14-16-31(17-15-30)21(2)33/h3-9,25H,1,10-19H2,2H3,(H,29,34,35)/b4-3-,24-5+. The molecule has 0 saturated carbocycles. The highest BCUT2D eigenvalue weighted by Gasteiger charge is 2.38. The van der Waals surface area contributed by atoms with E-state index in [4.69, 9.17) is 4.74 Å². The minimum atomic E-state index is -0.582. The van der Waals surface area contributed by atoms with Crippen molar-refractivity contribution in [2.75, 3.05) is 32.7 Å². The summed E-state index contributed by atoms with van der Waals surface area (Å²) in [6.45, 7) is 10.6. The maximum Gasteiger partial charge on any atom is 0.250 e. The van der Waals surface area contributed by atoms with Gasteiger partial charge in [0, 0.05) is 58.2 Å². The largest absolute Gasteiger partial charge is 0.490 e. The molecule has 1 unspecified atom stereocenters. The summed E-state index contributed by atoms with van der Waals surface area (Å²) in [4.78, 5) is 53.4. The summed E-state index contributed by atoms with van der Waals surface area (Å²) in [6, 6.07) is 7.70. The Bertz CT molecular complexity index is 1120. The SMILES string of the molecule is C=C(/C=C\C=C1/CCN(C2CCC(=O)NC2=O)C1=O)OCc1ccc(CN2CCN(C(C)=O)CC2)cc1. The van der Waals surface area contributed by atoms with Gasteiger partial charge >= 0.3 is 0 Å². The number of likely N-dealkylation sites (tertiary alicyclic amines) is 1. The van der Waals surface area contributed by atoms with Crippen molar-refractivity contribution in [3.8, 4) is 0 Å². The van der Waals surface area contributed by atoms with Crippen LogP contribution < -0.4 is 5.32 Å². The van der Waals surface area contributed by atoms with Gasteiger partial charge in [-0.15, -0.1) is 0 Å². The minimum Gasteiger partial charge on any atom is -0.490 e. The lowest BCUT2D eigenvalue weighted by atomic mass is 10.0. The number of imide groups is 1. The number of carbonyl (C=O) groups excluding carboxylic acids is 4. The van der Waals surface area contributed by atoms with Crippen LogP contribution in [0.25, 0.3) is 0 Å². The molecule has 0 aliphatic carbocycles. The second-order valence-electron chi connectivity index (χ2n) is 9.62. The number of piperazine rings is 1. The molecule has 3 aliphatic heterocycles. The zero-order chi connectivity index (χ0) is 26.4. The lowest BCUT2D eigenvalue weighted by Gasteiger charge is -2.34. The van der Waals surface area contributed by atoms with Crippen molar-refractivity contribution in [1.29, 1.82) is 0 Å². The Labute approximate surface area is 217 Å². The van der Waals surface area contributed by atoms with E-state index in [1.165, 1.54) is 5.56 Å². The molecule has 3 fully saturated rings. The molecule has 1 N–H and O–H groups in total. The van der Waals surface area contributed by atoms with Crippen LogP contribution in [0.3, 0.4) is 0 Å². The van der Waals surface area contributed by atoms with E-state index in [0.29, 0.717) is 37.3 Å². The quantitative estimate of drug-likeness (QED) is 0.250. The maximum atomic E-state index is 12.7. The number of hydrogen-bond donors (Lipinski definition) is 1. The highest BCUT2D eigenvalue weighted by atomic mass is 16.5. The number of benzene rings is 1. The van der Waals surface area contributed by atoms with Crippen LogP contribution in [-0.4, -0.2) is 77.1 Å². The number of nitrogens with one attached hydrogen (secondary N) is 1. The lowest BCUT2D eigenvalue weighted by Crippen LogP contribution is -2.52. The molecule has 3 saturated heterocycles. The van der Waals surface area contributed by atoms with E-state index < -0.39 is 11.9 Å². The Kier molecular flexibility index (Phi) is 8.55. The second kappa shape index (κ2) is 12.0. The molecule has 9 heteroatoms. The van der Waals surface area contributed by atoms with E-state index in [9.17, 15) is 19.2 Å². The molecular weight excluding hydrogens is 472 g/mol. The first-order valence-electron chi connectivity index (χ1n) is 12.7. The van der Waals surface area contributed by atoms with Crippen LogP contribution in [0.4, 0.5) is 0 Å². The van der Waals surface area contributed by atoms with Crippen molar-refractivity contribution >= 4 is 23.6 Å². The Morgan fingerprint density at radius 2 is 1.76 bits per heavy atom. The van der Waals surface area contributed by atoms with Gasteiger partial charge in [-0.05, 0) is 30.0 Å². The third kappa shape index (κ3) is 6.95. The van der Waals surface area contributed by atoms with E-state index in [-0.39, 0.29) is 24.1 Å². The first kappa shape index (κ1) is 26.3. The number of nitrogens with zero attached hydrogens (tertiary/aromatic N) is 3. The second-order valence-corrected chi connectivity index (χ2v) is 9.62. The molecule has 1 atom stereocenters. The summed E-state index contributed by atoms with van der Waals surface area (Å²) >= 11 is 0. The smallest absolute Gasteiger partial charge is 0.250 e. The zero-order valence-electron chi connectivity index (χ0n) is 21.3. The number of carbonyl (C=O) groups is 4. The van der Waals surface area contributed by atoms with E-state index in [2.05, 4.69) is 28.9 Å². The zero-order valence-corrected chi connectivity index (χ0v) is 21.3. The van der Waals surface area contributed by atoms with Crippen LogP contribution in [0.5, 0.6) is 0 Å². The average Bonchev–Trinajstić information content (AvgIpc) is 3.24. The summed E-state index contributed by atoms with van der Waals surface area (Å²) in [5, 5.41) is 2.31. The third-order valence-corrected chi connectivity index (χ3v) is 6.99. The van der Waals surface area contributed by atoms with Gasteiger partial charge in [-0.1, -0.05) is 43.0 Å². The Balaban J connectivity index is 1.20. The highest BCUT2D eigenvalue weighted by Crippen LogP contribution is 2.23. The number of rotatable bonds is 8. The van der Waals surface area contributed by atoms with Gasteiger partial charge in [0.1, 0.15) is 18.4 Å². The van der Waals surface area contributed by atoms with Crippen LogP contribution in [0.15, 0.2) is 60.4 Å². The van der Waals surface area contributed by atoms with Gasteiger partial charge in [-0.3, -0.25) is 29.4 Å². The van der Waals surface area contributed by atoms with Crippen molar-refractivity contribution in [2.45, 2.75) is 45.4 Å². The average molecular weight is 507 g/mol. The van der Waals surface area contributed by atoms with E-state index in [1.54, 1.807) is 30.1 Å². The van der Waals surface area contributed by atoms with Gasteiger partial charge in [-0.2, -0.15) is 0 Å². The number of hydrogen-bond acceptors (Lipinski definition) is 6. The summed E-state index contributed by atoms with van der Waals surface area (Å²) in [5.41, 5.74) is 2.87. The molecule has 0 bridgehead atoms. The van der Waals surface area contributed by atoms with Crippen molar-refractivity contribution in [3.05, 3.63) is 71.5 Å². The van der Waals surface area contributed by atoms with Gasteiger partial charge in [0.15, 0.2) is 0 Å². The molecule has 196 valence electrons. The number of amides is 4. The molecule has 0 radical (unpaired) electrons. The van der Waals surface area contributed by atoms with Crippen molar-refractivity contribution in [2.24, 2.45) is 0 Å². The summed E-state index contributed by atoms with van der Waals surface area (Å²) in [5.74, 6) is -0.241. The molecule has 0 aromatic heterocycles. The molecule has 9 nitrogen and oxygen atoms in total. The van der Waals surface area contributed by atoms with Crippen molar-refractivity contribution in [1.82, 2.24) is 20.0 Å². The van der Waals surface area contributed by atoms with Crippen LogP contribution in [0.1, 0.15) is 37.3 Å². The van der Waals surface area contributed by atoms with Gasteiger partial charge in [0.2, 0.25) is 17.7 Å². The van der Waals surface area contributed by atoms with E-state index in [1.807, 2.05) is 17.0 Å². The Morgan fingerprint density at radius 3 is 2.43 bits per heavy atom. The fourth-order valence-electron chi connectivity index (χ4n) is 4.78. The van der Waals surface area contributed by atoms with Gasteiger partial charge in [-0.25, -0.2) is 0 Å². The third-order valence-electron chi connectivity index (χ3n) is 6.99. The molecule has 0 spiro atoms. The summed E-state index contributed by atoms with van der Waals surface area (Å²) in [7, 11) is 0. The Morgan fingerprint density at radius 1 is 1.05 bits per heavy atom. The van der Waals surface area contributed by atoms with Crippen LogP contribution in [-0.2, 0) is 37.1 Å². The monoisotopic (exact) mass is 506 g/mol. The van der Waals surface area contributed by atoms with E-state index in [0.717, 1.165) is 38.3 Å². The van der Waals surface area contributed by atoms with Crippen molar-refractivity contribution in [3.63, 3.8) is 0 Å². The molecule has 3 aliphatic rings. The molecule has 4 rings (SSSR count). The highest BCUT2D eigenvalue weighted by molar-refractivity contribution is 6.04. The lowest BCUT2D eigenvalue weighted by molar-refractivity contribution is -0.142. The van der Waals surface area contributed by atoms with E-state index >= 15 is 0 Å². The minimum absolute atomic E-state index is 0.139. The van der Waals surface area contributed by atoms with Crippen molar-refractivity contribution < 1.29 is 23.9 Å². The molecule has 3 heterocycles. The fourth-order valence-corrected chi connectivity index (χ4v) is 4.78. The maximum absolute atomic E-state index is 12.7. The molecule has 4 amide bonds. The molecule has 1 aromatic rings. The summed E-state index contributed by atoms with van der Waals surface area (Å²) in [6.07, 6.45) is 6.34. The predicted octanol–water partition coefficient (Wildman–Crippen LogP) is 1.90. The fraction of sp³-hybridized carbons (Fsp3) is 0.429. The van der Waals surface area contributed by atoms with Gasteiger partial charge in [0.05, 0.1) is 0 Å². The first-order chi connectivity index (χ1) is 17.8. The first-order valence-corrected chi connectivity index (χ1v) is 12.7. The molecular formula is C28H34N4O5. The van der Waals surface area contributed by atoms with Gasteiger partial charge in [0.25, 0.3) is 5.91 Å². The van der Waals surface area contributed by atoms with Crippen LogP contribution >= 0.6 is 0 Å². The normalized spacial score (nSPS) is 22.1. The predicted molar refractivity (Wildman–Crippen MR) is 138 cm³/mol. The van der Waals surface area contributed by atoms with Gasteiger partial charge < -0.3 is 14.5 Å². The Hall–Kier alpha value is -3.72. The molecule has 37 heavy (non-hydrogen) atoms. The number of ether oxygens (including phenoxy) is 1. The number of allylic oxidation sites excluding steroid dienone is 3. The summed E-state index contributed by atoms with van der Waals surface area (Å²) < 4.78 is 5.75. The topological polar surface area (TPSA) is 99.3 Å². The number of piperidine rings is 1. The molecule has 1 aromatic carbocycles. The van der Waals surface area contributed by atoms with Crippen LogP contribution in [0, 0.1) is 0 Å².